The molecule has 1 N–H and O–H groups in total. The Morgan fingerprint density at radius 3 is 2.46 bits per heavy atom. The number of hydrogen-bond donors (Lipinski definition) is 1. The predicted octanol–water partition coefficient (Wildman–Crippen LogP) is 4.19. The molecule has 0 aliphatic carbocycles. The van der Waals surface area contributed by atoms with Gasteiger partial charge in [-0.1, -0.05) is 6.07 Å². The van der Waals surface area contributed by atoms with Crippen LogP contribution in [0.2, 0.25) is 0 Å². The first-order chi connectivity index (χ1) is 13.6. The summed E-state index contributed by atoms with van der Waals surface area (Å²) in [4.78, 5) is 8.83. The van der Waals surface area contributed by atoms with Crippen LogP contribution in [0.25, 0.3) is 16.7 Å². The minimum absolute atomic E-state index is 0.642. The monoisotopic (exact) mass is 375 g/mol. The minimum atomic E-state index is 0.642. The fourth-order valence-corrected chi connectivity index (χ4v) is 3.04. The molecule has 142 valence electrons. The van der Waals surface area contributed by atoms with Gasteiger partial charge in [0.05, 0.1) is 31.5 Å². The molecular weight excluding hydrogens is 354 g/mol. The first-order valence-electron chi connectivity index (χ1n) is 8.86. The van der Waals surface area contributed by atoms with E-state index in [0.29, 0.717) is 17.3 Å². The molecule has 0 saturated heterocycles. The summed E-state index contributed by atoms with van der Waals surface area (Å²) in [5.74, 6) is 1.99. The van der Waals surface area contributed by atoms with Crippen LogP contribution >= 0.6 is 0 Å². The lowest BCUT2D eigenvalue weighted by Crippen LogP contribution is -2.00. The number of methoxy groups -OCH3 is 2. The molecule has 0 unspecified atom stereocenters. The molecule has 0 radical (unpaired) electrons. The van der Waals surface area contributed by atoms with Crippen LogP contribution in [0.1, 0.15) is 11.1 Å². The van der Waals surface area contributed by atoms with E-state index in [1.54, 1.807) is 20.4 Å². The van der Waals surface area contributed by atoms with E-state index in [2.05, 4.69) is 46.4 Å². The van der Waals surface area contributed by atoms with Crippen LogP contribution in [0.15, 0.2) is 48.9 Å². The molecule has 2 heterocycles. The molecule has 0 spiro atoms. The second kappa shape index (κ2) is 7.19. The molecule has 28 heavy (non-hydrogen) atoms. The Hall–Kier alpha value is -3.61. The Morgan fingerprint density at radius 2 is 1.71 bits per heavy atom. The van der Waals surface area contributed by atoms with Gasteiger partial charge in [0.25, 0.3) is 0 Å². The van der Waals surface area contributed by atoms with Crippen LogP contribution < -0.4 is 14.8 Å². The topological polar surface area (TPSA) is 74.1 Å². The van der Waals surface area contributed by atoms with Crippen molar-refractivity contribution in [2.45, 2.75) is 13.8 Å². The number of nitrogens with zero attached hydrogens (tertiary/aromatic N) is 4. The van der Waals surface area contributed by atoms with Crippen molar-refractivity contribution in [2.24, 2.45) is 0 Å². The summed E-state index contributed by atoms with van der Waals surface area (Å²) in [6.45, 7) is 4.18. The highest BCUT2D eigenvalue weighted by Gasteiger charge is 2.13. The Kier molecular flexibility index (Phi) is 4.57. The molecule has 0 atom stereocenters. The average Bonchev–Trinajstić information content (AvgIpc) is 3.15. The van der Waals surface area contributed by atoms with Gasteiger partial charge in [0.1, 0.15) is 12.1 Å². The number of fused-ring (bicyclic) bond motifs is 1. The number of anilines is 2. The van der Waals surface area contributed by atoms with Gasteiger partial charge >= 0.3 is 0 Å². The van der Waals surface area contributed by atoms with E-state index < -0.39 is 0 Å². The quantitative estimate of drug-likeness (QED) is 0.564. The van der Waals surface area contributed by atoms with Gasteiger partial charge < -0.3 is 14.8 Å². The van der Waals surface area contributed by atoms with Gasteiger partial charge in [0, 0.05) is 11.8 Å². The van der Waals surface area contributed by atoms with E-state index in [1.807, 2.05) is 28.9 Å². The maximum atomic E-state index is 5.37. The van der Waals surface area contributed by atoms with Crippen molar-refractivity contribution in [2.75, 3.05) is 19.5 Å². The Morgan fingerprint density at radius 1 is 0.893 bits per heavy atom. The molecule has 0 amide bonds. The Bertz CT molecular complexity index is 1150. The molecule has 2 aromatic carbocycles. The summed E-state index contributed by atoms with van der Waals surface area (Å²) >= 11 is 0. The lowest BCUT2D eigenvalue weighted by atomic mass is 10.1. The van der Waals surface area contributed by atoms with Gasteiger partial charge in [0.15, 0.2) is 17.1 Å². The maximum Gasteiger partial charge on any atom is 0.168 e. The second-order valence-corrected chi connectivity index (χ2v) is 6.48. The van der Waals surface area contributed by atoms with E-state index in [9.17, 15) is 0 Å². The van der Waals surface area contributed by atoms with Gasteiger partial charge in [-0.05, 0) is 49.2 Å². The summed E-state index contributed by atoms with van der Waals surface area (Å²) in [6.07, 6.45) is 3.30. The zero-order valence-electron chi connectivity index (χ0n) is 16.2. The number of benzene rings is 2. The zero-order chi connectivity index (χ0) is 19.7. The number of aryl methyl sites for hydroxylation is 2. The molecule has 0 fully saturated rings. The van der Waals surface area contributed by atoms with Crippen LogP contribution in [0.3, 0.4) is 0 Å². The van der Waals surface area contributed by atoms with Crippen LogP contribution in [0.5, 0.6) is 11.5 Å². The summed E-state index contributed by atoms with van der Waals surface area (Å²) in [5.41, 5.74) is 4.98. The zero-order valence-corrected chi connectivity index (χ0v) is 16.2. The third-order valence-corrected chi connectivity index (χ3v) is 4.75. The van der Waals surface area contributed by atoms with E-state index in [1.165, 1.54) is 17.5 Å². The number of nitrogens with one attached hydrogen (secondary N) is 1. The van der Waals surface area contributed by atoms with Crippen molar-refractivity contribution in [1.29, 1.82) is 0 Å². The Balaban J connectivity index is 1.73. The highest BCUT2D eigenvalue weighted by atomic mass is 16.5. The van der Waals surface area contributed by atoms with E-state index in [4.69, 9.17) is 9.47 Å². The molecule has 7 heteroatoms. The standard InChI is InChI=1S/C21H21N5O2/c1-13-5-7-16(9-14(13)2)26-21-17(11-24-26)20(22-12-23-21)25-15-6-8-18(27-3)19(10-15)28-4/h5-12H,1-4H3,(H,22,23,25). The van der Waals surface area contributed by atoms with Crippen LogP contribution in [0, 0.1) is 13.8 Å². The largest absolute Gasteiger partial charge is 0.493 e. The van der Waals surface area contributed by atoms with Gasteiger partial charge in [-0.2, -0.15) is 5.10 Å². The van der Waals surface area contributed by atoms with Crippen molar-refractivity contribution in [3.63, 3.8) is 0 Å². The average molecular weight is 375 g/mol. The Labute approximate surface area is 163 Å². The maximum absolute atomic E-state index is 5.37. The van der Waals surface area contributed by atoms with Crippen molar-refractivity contribution in [1.82, 2.24) is 19.7 Å². The molecule has 7 nitrogen and oxygen atoms in total. The summed E-state index contributed by atoms with van der Waals surface area (Å²) in [5, 5.41) is 8.68. The molecular formula is C21H21N5O2. The molecule has 2 aromatic heterocycles. The number of aromatic nitrogens is 4. The molecule has 0 bridgehead atoms. The van der Waals surface area contributed by atoms with Gasteiger partial charge in [-0.25, -0.2) is 14.6 Å². The smallest absolute Gasteiger partial charge is 0.168 e. The molecule has 0 aliphatic rings. The van der Waals surface area contributed by atoms with Crippen LogP contribution in [-0.2, 0) is 0 Å². The third-order valence-electron chi connectivity index (χ3n) is 4.75. The molecule has 4 rings (SSSR count). The number of rotatable bonds is 5. The normalized spacial score (nSPS) is 10.9. The molecule has 0 aliphatic heterocycles. The SMILES string of the molecule is COc1ccc(Nc2ncnc3c2cnn3-c2ccc(C)c(C)c2)cc1OC. The lowest BCUT2D eigenvalue weighted by Gasteiger charge is -2.11. The first-order valence-corrected chi connectivity index (χ1v) is 8.86. The fourth-order valence-electron chi connectivity index (χ4n) is 3.04. The van der Waals surface area contributed by atoms with Gasteiger partial charge in [-0.15, -0.1) is 0 Å². The summed E-state index contributed by atoms with van der Waals surface area (Å²) in [7, 11) is 3.22. The molecule has 4 aromatic rings. The van der Waals surface area contributed by atoms with Gasteiger partial charge in [-0.3, -0.25) is 0 Å². The van der Waals surface area contributed by atoms with E-state index in [-0.39, 0.29) is 0 Å². The van der Waals surface area contributed by atoms with E-state index in [0.717, 1.165) is 22.4 Å². The van der Waals surface area contributed by atoms with Crippen molar-refractivity contribution in [3.05, 3.63) is 60.0 Å². The van der Waals surface area contributed by atoms with Crippen molar-refractivity contribution in [3.8, 4) is 17.2 Å². The summed E-state index contributed by atoms with van der Waals surface area (Å²) in [6, 6.07) is 11.8. The van der Waals surface area contributed by atoms with Crippen molar-refractivity contribution < 1.29 is 9.47 Å². The number of hydrogen-bond acceptors (Lipinski definition) is 6. The predicted molar refractivity (Wildman–Crippen MR) is 109 cm³/mol. The molecule has 0 saturated carbocycles. The number of ether oxygens (including phenoxy) is 2. The third kappa shape index (κ3) is 3.11. The van der Waals surface area contributed by atoms with E-state index >= 15 is 0 Å². The summed E-state index contributed by atoms with van der Waals surface area (Å²) < 4.78 is 12.5. The van der Waals surface area contributed by atoms with Gasteiger partial charge in [0.2, 0.25) is 0 Å². The van der Waals surface area contributed by atoms with Crippen molar-refractivity contribution >= 4 is 22.5 Å². The minimum Gasteiger partial charge on any atom is -0.493 e. The fraction of sp³-hybridized carbons (Fsp3) is 0.190. The first kappa shape index (κ1) is 17.8. The van der Waals surface area contributed by atoms with Crippen LogP contribution in [-0.4, -0.2) is 34.0 Å². The highest BCUT2D eigenvalue weighted by Crippen LogP contribution is 2.32. The lowest BCUT2D eigenvalue weighted by molar-refractivity contribution is 0.355. The second-order valence-electron chi connectivity index (χ2n) is 6.48. The van der Waals surface area contributed by atoms with Crippen LogP contribution in [0.4, 0.5) is 11.5 Å². The highest BCUT2D eigenvalue weighted by molar-refractivity contribution is 5.89.